The van der Waals surface area contributed by atoms with E-state index in [1.54, 1.807) is 0 Å². The van der Waals surface area contributed by atoms with Gasteiger partial charge in [0, 0.05) is 26.2 Å². The molecule has 0 saturated carbocycles. The average molecular weight is 438 g/mol. The van der Waals surface area contributed by atoms with E-state index in [4.69, 9.17) is 0 Å². The lowest BCUT2D eigenvalue weighted by molar-refractivity contribution is -0.132. The number of carbonyl (C=O) groups is 3. The zero-order valence-electron chi connectivity index (χ0n) is 18.6. The topological polar surface area (TPSA) is 98.7 Å². The van der Waals surface area contributed by atoms with Gasteiger partial charge < -0.3 is 20.6 Å². The molecule has 2 aromatic rings. The summed E-state index contributed by atoms with van der Waals surface area (Å²) < 4.78 is 0. The van der Waals surface area contributed by atoms with Crippen molar-refractivity contribution in [3.05, 3.63) is 70.8 Å². The van der Waals surface area contributed by atoms with E-state index in [-0.39, 0.29) is 24.9 Å². The lowest BCUT2D eigenvalue weighted by atomic mass is 9.94. The molecule has 1 saturated heterocycles. The van der Waals surface area contributed by atoms with Crippen molar-refractivity contribution in [3.63, 3.8) is 0 Å². The highest BCUT2D eigenvalue weighted by Crippen LogP contribution is 2.24. The summed E-state index contributed by atoms with van der Waals surface area (Å²) >= 11 is 0. The molecule has 0 bridgehead atoms. The maximum Gasteiger partial charge on any atom is 0.407 e. The quantitative estimate of drug-likeness (QED) is 0.591. The van der Waals surface area contributed by atoms with Gasteiger partial charge >= 0.3 is 6.09 Å². The molecule has 0 spiro atoms. The molecule has 3 N–H and O–H groups in total. The van der Waals surface area contributed by atoms with Crippen molar-refractivity contribution in [2.75, 3.05) is 26.2 Å². The van der Waals surface area contributed by atoms with Crippen LogP contribution < -0.4 is 10.6 Å². The van der Waals surface area contributed by atoms with Gasteiger partial charge in [-0.2, -0.15) is 0 Å². The van der Waals surface area contributed by atoms with Crippen LogP contribution in [-0.2, 0) is 22.4 Å². The first kappa shape index (κ1) is 23.3. The highest BCUT2D eigenvalue weighted by Gasteiger charge is 2.43. The summed E-state index contributed by atoms with van der Waals surface area (Å²) in [7, 11) is 0. The van der Waals surface area contributed by atoms with Crippen LogP contribution in [0.5, 0.6) is 0 Å². The molecule has 0 aliphatic carbocycles. The van der Waals surface area contributed by atoms with Gasteiger partial charge in [-0.25, -0.2) is 4.79 Å². The van der Waals surface area contributed by atoms with Crippen LogP contribution in [0.1, 0.15) is 22.3 Å². The van der Waals surface area contributed by atoms with Crippen LogP contribution in [0.4, 0.5) is 4.79 Å². The van der Waals surface area contributed by atoms with Crippen molar-refractivity contribution >= 4 is 17.9 Å². The molecule has 170 valence electrons. The van der Waals surface area contributed by atoms with Crippen molar-refractivity contribution in [2.45, 2.75) is 26.7 Å². The highest BCUT2D eigenvalue weighted by molar-refractivity contribution is 5.89. The summed E-state index contributed by atoms with van der Waals surface area (Å²) in [4.78, 5) is 38.2. The second-order valence-corrected chi connectivity index (χ2v) is 8.45. The standard InChI is InChI=1S/C25H31N3O4/c1-17-3-7-19(8-4-17)11-13-26-23(29)21-15-28(25(31)32)16-22(21)24(30)27-14-12-20-9-5-18(2)6-10-20/h3-10,21-22H,11-16H2,1-2H3,(H,26,29)(H,27,30)(H,31,32)/t21-,22-/m1/s1. The number of amides is 3. The first-order chi connectivity index (χ1) is 15.3. The maximum atomic E-state index is 12.8. The van der Waals surface area contributed by atoms with Gasteiger partial charge in [-0.05, 0) is 37.8 Å². The van der Waals surface area contributed by atoms with E-state index >= 15 is 0 Å². The summed E-state index contributed by atoms with van der Waals surface area (Å²) in [6, 6.07) is 16.2. The first-order valence-corrected chi connectivity index (χ1v) is 11.0. The van der Waals surface area contributed by atoms with Gasteiger partial charge in [-0.1, -0.05) is 59.7 Å². The molecule has 32 heavy (non-hydrogen) atoms. The summed E-state index contributed by atoms with van der Waals surface area (Å²) in [5.74, 6) is -1.94. The Labute approximate surface area is 188 Å². The van der Waals surface area contributed by atoms with E-state index in [0.717, 1.165) is 16.0 Å². The molecule has 3 amide bonds. The Bertz CT molecular complexity index is 869. The summed E-state index contributed by atoms with van der Waals surface area (Å²) in [5.41, 5.74) is 4.57. The maximum absolute atomic E-state index is 12.8. The largest absolute Gasteiger partial charge is 0.465 e. The third-order valence-corrected chi connectivity index (χ3v) is 5.93. The molecule has 2 aromatic carbocycles. The Morgan fingerprint density at radius 1 is 0.781 bits per heavy atom. The molecular weight excluding hydrogens is 406 g/mol. The Hall–Kier alpha value is -3.35. The Morgan fingerprint density at radius 2 is 1.16 bits per heavy atom. The van der Waals surface area contributed by atoms with Crippen LogP contribution in [0.25, 0.3) is 0 Å². The molecule has 1 heterocycles. The highest BCUT2D eigenvalue weighted by atomic mass is 16.4. The smallest absolute Gasteiger partial charge is 0.407 e. The molecule has 1 aliphatic heterocycles. The number of nitrogens with zero attached hydrogens (tertiary/aromatic N) is 1. The number of carboxylic acid groups (broad SMARTS) is 1. The number of hydrogen-bond acceptors (Lipinski definition) is 3. The number of carbonyl (C=O) groups excluding carboxylic acids is 2. The van der Waals surface area contributed by atoms with Crippen LogP contribution >= 0.6 is 0 Å². The number of rotatable bonds is 8. The SMILES string of the molecule is Cc1ccc(CCNC(=O)[C@@H]2CN(C(=O)O)C[C@H]2C(=O)NCCc2ccc(C)cc2)cc1. The van der Waals surface area contributed by atoms with Crippen molar-refractivity contribution in [1.82, 2.24) is 15.5 Å². The minimum atomic E-state index is -1.11. The second kappa shape index (κ2) is 10.8. The molecule has 7 heteroatoms. The molecule has 1 fully saturated rings. The van der Waals surface area contributed by atoms with Crippen molar-refractivity contribution in [1.29, 1.82) is 0 Å². The minimum Gasteiger partial charge on any atom is -0.465 e. The van der Waals surface area contributed by atoms with E-state index in [9.17, 15) is 19.5 Å². The van der Waals surface area contributed by atoms with Crippen molar-refractivity contribution in [2.24, 2.45) is 11.8 Å². The third-order valence-electron chi connectivity index (χ3n) is 5.93. The summed E-state index contributed by atoms with van der Waals surface area (Å²) in [6.45, 7) is 4.97. The van der Waals surface area contributed by atoms with Gasteiger partial charge in [0.25, 0.3) is 0 Å². The van der Waals surface area contributed by atoms with E-state index < -0.39 is 17.9 Å². The predicted molar refractivity (Wildman–Crippen MR) is 122 cm³/mol. The lowest BCUT2D eigenvalue weighted by Gasteiger charge is -2.17. The molecule has 7 nitrogen and oxygen atoms in total. The zero-order valence-corrected chi connectivity index (χ0v) is 18.6. The molecule has 2 atom stereocenters. The van der Waals surface area contributed by atoms with E-state index in [1.165, 1.54) is 11.1 Å². The van der Waals surface area contributed by atoms with Crippen molar-refractivity contribution in [3.8, 4) is 0 Å². The molecule has 0 radical (unpaired) electrons. The fourth-order valence-electron chi connectivity index (χ4n) is 3.92. The van der Waals surface area contributed by atoms with Crippen LogP contribution in [0, 0.1) is 25.7 Å². The summed E-state index contributed by atoms with van der Waals surface area (Å²) in [6.07, 6.45) is 0.237. The third kappa shape index (κ3) is 6.33. The normalized spacial score (nSPS) is 17.8. The first-order valence-electron chi connectivity index (χ1n) is 11.0. The van der Waals surface area contributed by atoms with Gasteiger partial charge in [0.2, 0.25) is 11.8 Å². The Kier molecular flexibility index (Phi) is 7.87. The molecule has 3 rings (SSSR count). The number of benzene rings is 2. The van der Waals surface area contributed by atoms with Crippen molar-refractivity contribution < 1.29 is 19.5 Å². The Balaban J connectivity index is 1.53. The molecule has 0 aromatic heterocycles. The number of hydrogen-bond donors (Lipinski definition) is 3. The van der Waals surface area contributed by atoms with Crippen LogP contribution in [-0.4, -0.2) is 54.1 Å². The fourth-order valence-corrected chi connectivity index (χ4v) is 3.92. The average Bonchev–Trinajstić information content (AvgIpc) is 3.22. The number of aryl methyl sites for hydroxylation is 2. The zero-order chi connectivity index (χ0) is 23.1. The molecule has 1 aliphatic rings. The van der Waals surface area contributed by atoms with Crippen LogP contribution in [0.3, 0.4) is 0 Å². The van der Waals surface area contributed by atoms with Crippen LogP contribution in [0.2, 0.25) is 0 Å². The van der Waals surface area contributed by atoms with Gasteiger partial charge in [-0.15, -0.1) is 0 Å². The molecule has 0 unspecified atom stereocenters. The Morgan fingerprint density at radius 3 is 1.50 bits per heavy atom. The van der Waals surface area contributed by atoms with Gasteiger partial charge in [0.05, 0.1) is 11.8 Å². The van der Waals surface area contributed by atoms with E-state index in [0.29, 0.717) is 25.9 Å². The van der Waals surface area contributed by atoms with Crippen LogP contribution in [0.15, 0.2) is 48.5 Å². The minimum absolute atomic E-state index is 0.0295. The predicted octanol–water partition coefficient (Wildman–Crippen LogP) is 2.55. The monoisotopic (exact) mass is 437 g/mol. The van der Waals surface area contributed by atoms with Gasteiger partial charge in [-0.3, -0.25) is 9.59 Å². The van der Waals surface area contributed by atoms with Gasteiger partial charge in [0.15, 0.2) is 0 Å². The van der Waals surface area contributed by atoms with Gasteiger partial charge in [0.1, 0.15) is 0 Å². The number of likely N-dealkylation sites (tertiary alicyclic amines) is 1. The second-order valence-electron chi connectivity index (χ2n) is 8.45. The fraction of sp³-hybridized carbons (Fsp3) is 0.400. The summed E-state index contributed by atoms with van der Waals surface area (Å²) in [5, 5.41) is 15.1. The number of nitrogens with one attached hydrogen (secondary N) is 2. The lowest BCUT2D eigenvalue weighted by Crippen LogP contribution is -2.42. The molecular formula is C25H31N3O4. The van der Waals surface area contributed by atoms with E-state index in [1.807, 2.05) is 62.4 Å². The van der Waals surface area contributed by atoms with E-state index in [2.05, 4.69) is 10.6 Å².